The lowest BCUT2D eigenvalue weighted by Crippen LogP contribution is -2.13. The van der Waals surface area contributed by atoms with Crippen molar-refractivity contribution < 1.29 is 13.5 Å². The Labute approximate surface area is 145 Å². The van der Waals surface area contributed by atoms with E-state index in [1.54, 1.807) is 23.9 Å². The molecule has 3 aromatic rings. The summed E-state index contributed by atoms with van der Waals surface area (Å²) in [5.41, 5.74) is 2.63. The van der Waals surface area contributed by atoms with E-state index in [4.69, 9.17) is 21.3 Å². The van der Waals surface area contributed by atoms with Crippen LogP contribution in [-0.4, -0.2) is 16.2 Å². The number of thioether (sulfide) groups is 1. The van der Waals surface area contributed by atoms with Gasteiger partial charge in [-0.1, -0.05) is 17.7 Å². The van der Waals surface area contributed by atoms with Crippen molar-refractivity contribution in [1.29, 1.82) is 0 Å². The Morgan fingerprint density at radius 1 is 1.29 bits per heavy atom. The molecule has 0 aliphatic carbocycles. The molecular weight excluding hydrogens is 354 g/mol. The minimum Gasteiger partial charge on any atom is -0.434 e. The minimum atomic E-state index is -2.84. The summed E-state index contributed by atoms with van der Waals surface area (Å²) in [6.45, 7) is -2.84. The van der Waals surface area contributed by atoms with Crippen molar-refractivity contribution in [2.75, 3.05) is 0 Å². The first-order chi connectivity index (χ1) is 11.6. The molecule has 3 heterocycles. The highest BCUT2D eigenvalue weighted by Gasteiger charge is 2.42. The van der Waals surface area contributed by atoms with Gasteiger partial charge in [0.2, 0.25) is 0 Å². The number of benzene rings is 2. The fourth-order valence-electron chi connectivity index (χ4n) is 3.71. The molecule has 2 aromatic carbocycles. The predicted octanol–water partition coefficient (Wildman–Crippen LogP) is 5.43. The summed E-state index contributed by atoms with van der Waals surface area (Å²) in [4.78, 5) is 5.73. The fourth-order valence-corrected chi connectivity index (χ4v) is 5.25. The third-order valence-electron chi connectivity index (χ3n) is 4.56. The molecule has 0 unspecified atom stereocenters. The highest BCUT2D eigenvalue weighted by atomic mass is 35.5. The van der Waals surface area contributed by atoms with E-state index in [9.17, 15) is 8.78 Å². The Balaban J connectivity index is 1.75. The number of alkyl halides is 2. The molecule has 0 spiro atoms. The number of rotatable bonds is 2. The molecule has 2 bridgehead atoms. The molecule has 0 fully saturated rings. The van der Waals surface area contributed by atoms with Gasteiger partial charge in [0, 0.05) is 15.5 Å². The van der Waals surface area contributed by atoms with Gasteiger partial charge in [0.1, 0.15) is 11.6 Å². The molecule has 7 heteroatoms. The summed E-state index contributed by atoms with van der Waals surface area (Å²) in [6, 6.07) is 10.9. The number of imidazole rings is 1. The van der Waals surface area contributed by atoms with E-state index in [2.05, 4.69) is 4.57 Å². The van der Waals surface area contributed by atoms with Crippen LogP contribution >= 0.6 is 23.4 Å². The lowest BCUT2D eigenvalue weighted by Gasteiger charge is -2.25. The number of aromatic nitrogens is 2. The maximum atomic E-state index is 12.8. The molecule has 2 aliphatic heterocycles. The number of halogens is 3. The lowest BCUT2D eigenvalue weighted by atomic mass is 10.0. The van der Waals surface area contributed by atoms with Crippen molar-refractivity contribution in [3.8, 4) is 5.75 Å². The normalized spacial score (nSPS) is 21.2. The van der Waals surface area contributed by atoms with Crippen LogP contribution in [0.1, 0.15) is 29.1 Å². The third-order valence-corrected chi connectivity index (χ3v) is 6.09. The van der Waals surface area contributed by atoms with E-state index >= 15 is 0 Å². The third kappa shape index (κ3) is 1.99. The molecule has 5 rings (SSSR count). The molecule has 0 radical (unpaired) electrons. The van der Waals surface area contributed by atoms with Crippen molar-refractivity contribution in [2.45, 2.75) is 29.2 Å². The molecule has 0 saturated carbocycles. The second kappa shape index (κ2) is 5.10. The number of hydrogen-bond donors (Lipinski definition) is 0. The van der Waals surface area contributed by atoms with Gasteiger partial charge in [-0.15, -0.1) is 11.8 Å². The topological polar surface area (TPSA) is 27.1 Å². The summed E-state index contributed by atoms with van der Waals surface area (Å²) in [5, 5.41) is 0.854. The average molecular weight is 365 g/mol. The predicted molar refractivity (Wildman–Crippen MR) is 89.2 cm³/mol. The van der Waals surface area contributed by atoms with Crippen LogP contribution in [0.25, 0.3) is 11.0 Å². The lowest BCUT2D eigenvalue weighted by molar-refractivity contribution is -0.0508. The summed E-state index contributed by atoms with van der Waals surface area (Å²) in [6.07, 6.45) is 0.825. The van der Waals surface area contributed by atoms with E-state index in [-0.39, 0.29) is 17.0 Å². The first-order valence-corrected chi connectivity index (χ1v) is 8.79. The molecule has 0 N–H and O–H groups in total. The monoisotopic (exact) mass is 364 g/mol. The molecule has 0 saturated heterocycles. The summed E-state index contributed by atoms with van der Waals surface area (Å²) < 4.78 is 32.5. The second-order valence-corrected chi connectivity index (χ2v) is 7.56. The van der Waals surface area contributed by atoms with Crippen molar-refractivity contribution in [3.63, 3.8) is 0 Å². The second-order valence-electron chi connectivity index (χ2n) is 5.88. The largest absolute Gasteiger partial charge is 0.434 e. The van der Waals surface area contributed by atoms with Gasteiger partial charge in [-0.3, -0.25) is 0 Å². The van der Waals surface area contributed by atoms with Gasteiger partial charge in [-0.25, -0.2) is 4.98 Å². The van der Waals surface area contributed by atoms with E-state index in [1.807, 2.05) is 24.3 Å². The van der Waals surface area contributed by atoms with Crippen LogP contribution in [0, 0.1) is 0 Å². The SMILES string of the molecule is FC(F)Oc1cccc2c1[C@@H]1C[C@@H](S2)c2nc3ccc(Cl)cc3n21. The minimum absolute atomic E-state index is 0.0559. The molecule has 24 heavy (non-hydrogen) atoms. The molecule has 0 amide bonds. The quantitative estimate of drug-likeness (QED) is 0.606. The van der Waals surface area contributed by atoms with Gasteiger partial charge in [0.05, 0.1) is 22.3 Å². The van der Waals surface area contributed by atoms with Gasteiger partial charge >= 0.3 is 6.61 Å². The fraction of sp³-hybridized carbons (Fsp3) is 0.235. The van der Waals surface area contributed by atoms with Crippen LogP contribution in [-0.2, 0) is 0 Å². The van der Waals surface area contributed by atoms with Gasteiger partial charge < -0.3 is 9.30 Å². The molecule has 3 nitrogen and oxygen atoms in total. The van der Waals surface area contributed by atoms with Crippen molar-refractivity contribution in [3.05, 3.63) is 52.8 Å². The Morgan fingerprint density at radius 2 is 2.17 bits per heavy atom. The number of ether oxygens (including phenoxy) is 1. The Bertz CT molecular complexity index is 975. The molecule has 2 aliphatic rings. The van der Waals surface area contributed by atoms with Crippen LogP contribution in [0.4, 0.5) is 8.78 Å². The van der Waals surface area contributed by atoms with Crippen LogP contribution in [0.5, 0.6) is 5.75 Å². The van der Waals surface area contributed by atoms with Crippen molar-refractivity contribution in [1.82, 2.24) is 9.55 Å². The van der Waals surface area contributed by atoms with Gasteiger partial charge in [-0.05, 0) is 36.8 Å². The molecule has 1 aromatic heterocycles. The Morgan fingerprint density at radius 3 is 3.00 bits per heavy atom. The number of hydrogen-bond acceptors (Lipinski definition) is 3. The summed E-state index contributed by atoms with van der Waals surface area (Å²) >= 11 is 7.81. The van der Waals surface area contributed by atoms with Crippen LogP contribution < -0.4 is 4.74 Å². The molecule has 2 atom stereocenters. The zero-order chi connectivity index (χ0) is 16.4. The maximum absolute atomic E-state index is 12.8. The molecule has 122 valence electrons. The number of fused-ring (bicyclic) bond motifs is 9. The van der Waals surface area contributed by atoms with E-state index in [0.29, 0.717) is 5.02 Å². The highest BCUT2D eigenvalue weighted by Crippen LogP contribution is 2.58. The van der Waals surface area contributed by atoms with E-state index in [1.165, 1.54) is 0 Å². The van der Waals surface area contributed by atoms with Crippen molar-refractivity contribution >= 4 is 34.4 Å². The van der Waals surface area contributed by atoms with Gasteiger partial charge in [-0.2, -0.15) is 8.78 Å². The first kappa shape index (κ1) is 14.5. The summed E-state index contributed by atoms with van der Waals surface area (Å²) in [7, 11) is 0. The van der Waals surface area contributed by atoms with Crippen LogP contribution in [0.15, 0.2) is 41.3 Å². The number of nitrogens with zero attached hydrogens (tertiary/aromatic N) is 2. The van der Waals surface area contributed by atoms with Crippen molar-refractivity contribution in [2.24, 2.45) is 0 Å². The standard InChI is InChI=1S/C17H11ClF2N2OS/c18-8-4-5-9-10(6-8)22-11-7-14(16(22)21-9)24-13-3-1-2-12(15(11)13)23-17(19)20/h1-6,11,14,17H,7H2/t11-,14+/m0/s1. The molecular formula is C17H11ClF2N2OS. The average Bonchev–Trinajstić information content (AvgIpc) is 3.03. The smallest absolute Gasteiger partial charge is 0.387 e. The maximum Gasteiger partial charge on any atom is 0.387 e. The van der Waals surface area contributed by atoms with Gasteiger partial charge in [0.25, 0.3) is 0 Å². The van der Waals surface area contributed by atoms with Crippen LogP contribution in [0.3, 0.4) is 0 Å². The zero-order valence-electron chi connectivity index (χ0n) is 12.2. The summed E-state index contributed by atoms with van der Waals surface area (Å²) in [5.74, 6) is 1.22. The highest BCUT2D eigenvalue weighted by molar-refractivity contribution is 7.99. The van der Waals surface area contributed by atoms with Gasteiger partial charge in [0.15, 0.2) is 0 Å². The van der Waals surface area contributed by atoms with E-state index < -0.39 is 6.61 Å². The van der Waals surface area contributed by atoms with E-state index in [0.717, 1.165) is 33.7 Å². The Kier molecular flexibility index (Phi) is 3.09. The zero-order valence-corrected chi connectivity index (χ0v) is 13.8. The Hall–Kier alpha value is -1.79. The first-order valence-electron chi connectivity index (χ1n) is 7.53. The van der Waals surface area contributed by atoms with Crippen LogP contribution in [0.2, 0.25) is 5.02 Å².